The number of aryl methyl sites for hydroxylation is 1. The third-order valence-corrected chi connectivity index (χ3v) is 3.84. The first-order chi connectivity index (χ1) is 12.8. The lowest BCUT2D eigenvalue weighted by Gasteiger charge is -2.11. The van der Waals surface area contributed by atoms with Gasteiger partial charge in [-0.05, 0) is 25.1 Å². The van der Waals surface area contributed by atoms with Crippen molar-refractivity contribution in [3.63, 3.8) is 0 Å². The molecule has 26 heavy (non-hydrogen) atoms. The molecule has 0 saturated heterocycles. The first kappa shape index (κ1) is 15.9. The maximum Gasteiger partial charge on any atom is 0.142 e. The summed E-state index contributed by atoms with van der Waals surface area (Å²) in [6.45, 7) is 2.46. The van der Waals surface area contributed by atoms with Crippen LogP contribution in [-0.4, -0.2) is 29.5 Å². The summed E-state index contributed by atoms with van der Waals surface area (Å²) in [4.78, 5) is 21.9. The van der Waals surface area contributed by atoms with E-state index in [9.17, 15) is 0 Å². The zero-order chi connectivity index (χ0) is 17.8. The molecule has 0 aromatic carbocycles. The zero-order valence-corrected chi connectivity index (χ0v) is 14.2. The van der Waals surface area contributed by atoms with E-state index in [4.69, 9.17) is 0 Å². The standard InChI is InChI=1S/C19H17N7/c1-14-24-17(16-6-2-3-7-21-16)11-18(25-14)23-12-15-5-4-8-22-19(15)26-10-9-20-13-26/h2-11,13H,12H2,1H3,(H,23,24,25). The Morgan fingerprint density at radius 2 is 1.88 bits per heavy atom. The molecule has 7 nitrogen and oxygen atoms in total. The maximum absolute atomic E-state index is 4.48. The van der Waals surface area contributed by atoms with E-state index >= 15 is 0 Å². The van der Waals surface area contributed by atoms with E-state index in [-0.39, 0.29) is 0 Å². The van der Waals surface area contributed by atoms with Gasteiger partial charge in [0.2, 0.25) is 0 Å². The predicted molar refractivity (Wildman–Crippen MR) is 98.7 cm³/mol. The quantitative estimate of drug-likeness (QED) is 0.600. The summed E-state index contributed by atoms with van der Waals surface area (Å²) in [6.07, 6.45) is 8.87. The van der Waals surface area contributed by atoms with Crippen molar-refractivity contribution in [2.45, 2.75) is 13.5 Å². The number of rotatable bonds is 5. The van der Waals surface area contributed by atoms with Gasteiger partial charge in [-0.2, -0.15) is 0 Å². The van der Waals surface area contributed by atoms with Crippen molar-refractivity contribution in [3.8, 4) is 17.2 Å². The van der Waals surface area contributed by atoms with Crippen molar-refractivity contribution in [3.05, 3.63) is 78.9 Å². The average molecular weight is 343 g/mol. The minimum absolute atomic E-state index is 0.583. The lowest BCUT2D eigenvalue weighted by molar-refractivity contribution is 0.943. The number of nitrogens with one attached hydrogen (secondary N) is 1. The molecular weight excluding hydrogens is 326 g/mol. The van der Waals surface area contributed by atoms with Crippen LogP contribution in [0.2, 0.25) is 0 Å². The Bertz CT molecular complexity index is 998. The highest BCUT2D eigenvalue weighted by Crippen LogP contribution is 2.19. The van der Waals surface area contributed by atoms with Crippen molar-refractivity contribution >= 4 is 5.82 Å². The Morgan fingerprint density at radius 1 is 0.962 bits per heavy atom. The molecule has 4 aromatic rings. The molecule has 0 saturated carbocycles. The van der Waals surface area contributed by atoms with E-state index in [1.54, 1.807) is 24.9 Å². The smallest absolute Gasteiger partial charge is 0.142 e. The first-order valence-corrected chi connectivity index (χ1v) is 8.23. The van der Waals surface area contributed by atoms with Crippen LogP contribution in [0.1, 0.15) is 11.4 Å². The third-order valence-electron chi connectivity index (χ3n) is 3.84. The van der Waals surface area contributed by atoms with Gasteiger partial charge in [-0.1, -0.05) is 12.1 Å². The highest BCUT2D eigenvalue weighted by atomic mass is 15.1. The molecule has 128 valence electrons. The molecule has 7 heteroatoms. The van der Waals surface area contributed by atoms with E-state index in [0.717, 1.165) is 28.6 Å². The molecule has 0 atom stereocenters. The number of anilines is 1. The number of hydrogen-bond donors (Lipinski definition) is 1. The van der Waals surface area contributed by atoms with Crippen LogP contribution in [0.5, 0.6) is 0 Å². The van der Waals surface area contributed by atoms with E-state index in [1.807, 2.05) is 54.1 Å². The van der Waals surface area contributed by atoms with Crippen LogP contribution >= 0.6 is 0 Å². The molecule has 4 heterocycles. The monoisotopic (exact) mass is 343 g/mol. The zero-order valence-electron chi connectivity index (χ0n) is 14.2. The van der Waals surface area contributed by atoms with Gasteiger partial charge in [0.1, 0.15) is 23.8 Å². The van der Waals surface area contributed by atoms with Gasteiger partial charge in [0.05, 0.1) is 11.4 Å². The molecule has 0 fully saturated rings. The fourth-order valence-corrected chi connectivity index (χ4v) is 2.67. The number of hydrogen-bond acceptors (Lipinski definition) is 6. The Labute approximate surface area is 150 Å². The molecule has 4 rings (SSSR count). The van der Waals surface area contributed by atoms with Crippen LogP contribution in [0.3, 0.4) is 0 Å². The average Bonchev–Trinajstić information content (AvgIpc) is 3.21. The summed E-state index contributed by atoms with van der Waals surface area (Å²) >= 11 is 0. The highest BCUT2D eigenvalue weighted by Gasteiger charge is 2.08. The van der Waals surface area contributed by atoms with Crippen LogP contribution < -0.4 is 5.32 Å². The topological polar surface area (TPSA) is 81.4 Å². The molecule has 1 N–H and O–H groups in total. The second-order valence-electron chi connectivity index (χ2n) is 5.71. The van der Waals surface area contributed by atoms with Gasteiger partial charge in [-0.15, -0.1) is 0 Å². The fraction of sp³-hybridized carbons (Fsp3) is 0.105. The van der Waals surface area contributed by atoms with Crippen molar-refractivity contribution < 1.29 is 0 Å². The van der Waals surface area contributed by atoms with Crippen LogP contribution in [0.15, 0.2) is 67.5 Å². The summed E-state index contributed by atoms with van der Waals surface area (Å²) < 4.78 is 1.89. The highest BCUT2D eigenvalue weighted by molar-refractivity contribution is 5.58. The van der Waals surface area contributed by atoms with Gasteiger partial charge >= 0.3 is 0 Å². The summed E-state index contributed by atoms with van der Waals surface area (Å²) in [5, 5.41) is 3.36. The SMILES string of the molecule is Cc1nc(NCc2cccnc2-n2ccnc2)cc(-c2ccccn2)n1. The Kier molecular flexibility index (Phi) is 4.34. The first-order valence-electron chi connectivity index (χ1n) is 8.23. The number of nitrogens with zero attached hydrogens (tertiary/aromatic N) is 6. The number of imidazole rings is 1. The molecule has 0 radical (unpaired) electrons. The maximum atomic E-state index is 4.48. The second-order valence-corrected chi connectivity index (χ2v) is 5.71. The van der Waals surface area contributed by atoms with Gasteiger partial charge < -0.3 is 5.32 Å². The molecule has 0 unspecified atom stereocenters. The summed E-state index contributed by atoms with van der Waals surface area (Å²) in [5.41, 5.74) is 2.66. The minimum Gasteiger partial charge on any atom is -0.366 e. The van der Waals surface area contributed by atoms with Crippen molar-refractivity contribution in [2.24, 2.45) is 0 Å². The molecule has 0 aliphatic rings. The third kappa shape index (κ3) is 3.41. The van der Waals surface area contributed by atoms with Crippen molar-refractivity contribution in [1.82, 2.24) is 29.5 Å². The fourth-order valence-electron chi connectivity index (χ4n) is 2.67. The van der Waals surface area contributed by atoms with Gasteiger partial charge in [0, 0.05) is 43.0 Å². The van der Waals surface area contributed by atoms with Gasteiger partial charge in [0.25, 0.3) is 0 Å². The second kappa shape index (κ2) is 7.10. The Balaban J connectivity index is 1.59. The molecule has 0 bridgehead atoms. The van der Waals surface area contributed by atoms with Crippen LogP contribution in [0.4, 0.5) is 5.82 Å². The van der Waals surface area contributed by atoms with Gasteiger partial charge in [-0.25, -0.2) is 19.9 Å². The van der Waals surface area contributed by atoms with Crippen LogP contribution in [0.25, 0.3) is 17.2 Å². The molecular formula is C19H17N7. The van der Waals surface area contributed by atoms with E-state index < -0.39 is 0 Å². The van der Waals surface area contributed by atoms with Gasteiger partial charge in [0.15, 0.2) is 0 Å². The summed E-state index contributed by atoms with van der Waals surface area (Å²) in [5.74, 6) is 2.28. The number of aromatic nitrogens is 6. The molecule has 4 aromatic heterocycles. The minimum atomic E-state index is 0.583. The molecule has 0 spiro atoms. The summed E-state index contributed by atoms with van der Waals surface area (Å²) in [6, 6.07) is 11.6. The van der Waals surface area contributed by atoms with Crippen molar-refractivity contribution in [2.75, 3.05) is 5.32 Å². The van der Waals surface area contributed by atoms with Crippen LogP contribution in [0, 0.1) is 6.92 Å². The molecule has 0 aliphatic heterocycles. The molecule has 0 aliphatic carbocycles. The van der Waals surface area contributed by atoms with E-state index in [2.05, 4.69) is 30.2 Å². The largest absolute Gasteiger partial charge is 0.366 e. The predicted octanol–water partition coefficient (Wildman–Crippen LogP) is 3.04. The lowest BCUT2D eigenvalue weighted by Crippen LogP contribution is -2.08. The molecule has 0 amide bonds. The van der Waals surface area contributed by atoms with Crippen LogP contribution in [-0.2, 0) is 6.54 Å². The van der Waals surface area contributed by atoms with Crippen molar-refractivity contribution in [1.29, 1.82) is 0 Å². The number of pyridine rings is 2. The van der Waals surface area contributed by atoms with E-state index in [1.165, 1.54) is 0 Å². The Hall–Kier alpha value is -3.61. The summed E-state index contributed by atoms with van der Waals surface area (Å²) in [7, 11) is 0. The normalized spacial score (nSPS) is 10.7. The lowest BCUT2D eigenvalue weighted by atomic mass is 10.2. The van der Waals surface area contributed by atoms with Gasteiger partial charge in [-0.3, -0.25) is 9.55 Å². The Morgan fingerprint density at radius 3 is 2.69 bits per heavy atom. The van der Waals surface area contributed by atoms with E-state index in [0.29, 0.717) is 12.4 Å².